The Labute approximate surface area is 100 Å². The van der Waals surface area contributed by atoms with Crippen molar-refractivity contribution in [3.63, 3.8) is 0 Å². The van der Waals surface area contributed by atoms with Gasteiger partial charge >= 0.3 is 0 Å². The largest absolute Gasteiger partial charge is 0.504 e. The number of carbonyl (C=O) groups excluding carboxylic acids is 1. The molecule has 17 heavy (non-hydrogen) atoms. The number of hydrogen-bond acceptors (Lipinski definition) is 4. The molecule has 0 saturated carbocycles. The van der Waals surface area contributed by atoms with E-state index < -0.39 is 17.2 Å². The minimum atomic E-state index is -0.602. The van der Waals surface area contributed by atoms with E-state index in [0.717, 1.165) is 0 Å². The second-order valence-electron chi connectivity index (χ2n) is 4.64. The summed E-state index contributed by atoms with van der Waals surface area (Å²) in [6, 6.07) is 3.98. The van der Waals surface area contributed by atoms with E-state index in [1.165, 1.54) is 18.2 Å². The highest BCUT2D eigenvalue weighted by Crippen LogP contribution is 2.28. The van der Waals surface area contributed by atoms with Crippen LogP contribution < -0.4 is 11.1 Å². The minimum absolute atomic E-state index is 0.0266. The highest BCUT2D eigenvalue weighted by atomic mass is 16.3. The molecule has 0 spiro atoms. The standard InChI is InChI=1S/C12H18N2O3/c1-7(13)12(2,3)14-11(17)8-5-4-6-9(15)10(8)16/h4-7,15-16H,13H2,1-3H3,(H,14,17). The lowest BCUT2D eigenvalue weighted by Crippen LogP contribution is -2.54. The second-order valence-corrected chi connectivity index (χ2v) is 4.64. The zero-order valence-electron chi connectivity index (χ0n) is 10.2. The van der Waals surface area contributed by atoms with Gasteiger partial charge in [-0.2, -0.15) is 0 Å². The van der Waals surface area contributed by atoms with Crippen LogP contribution in [-0.4, -0.2) is 27.7 Å². The van der Waals surface area contributed by atoms with Crippen LogP contribution in [-0.2, 0) is 0 Å². The van der Waals surface area contributed by atoms with E-state index in [4.69, 9.17) is 5.73 Å². The maximum absolute atomic E-state index is 11.9. The average Bonchev–Trinajstić information content (AvgIpc) is 2.21. The molecule has 0 aromatic heterocycles. The number of benzene rings is 1. The van der Waals surface area contributed by atoms with Crippen LogP contribution in [0, 0.1) is 0 Å². The molecule has 1 amide bonds. The van der Waals surface area contributed by atoms with Gasteiger partial charge < -0.3 is 21.3 Å². The van der Waals surface area contributed by atoms with Gasteiger partial charge in [0.2, 0.25) is 0 Å². The lowest BCUT2D eigenvalue weighted by atomic mass is 9.96. The van der Waals surface area contributed by atoms with Gasteiger partial charge in [0, 0.05) is 11.6 Å². The molecule has 0 heterocycles. The molecular weight excluding hydrogens is 220 g/mol. The number of carbonyl (C=O) groups is 1. The van der Waals surface area contributed by atoms with Gasteiger partial charge in [0.05, 0.1) is 5.56 Å². The van der Waals surface area contributed by atoms with E-state index in [0.29, 0.717) is 0 Å². The summed E-state index contributed by atoms with van der Waals surface area (Å²) in [5, 5.41) is 21.6. The quantitative estimate of drug-likeness (QED) is 0.590. The summed E-state index contributed by atoms with van der Waals surface area (Å²) in [6.45, 7) is 5.35. The lowest BCUT2D eigenvalue weighted by molar-refractivity contribution is 0.0900. The van der Waals surface area contributed by atoms with Crippen LogP contribution in [0.15, 0.2) is 18.2 Å². The molecule has 0 bridgehead atoms. The Bertz CT molecular complexity index is 428. The molecule has 0 fully saturated rings. The van der Waals surface area contributed by atoms with Crippen molar-refractivity contribution in [3.8, 4) is 11.5 Å². The minimum Gasteiger partial charge on any atom is -0.504 e. The van der Waals surface area contributed by atoms with Gasteiger partial charge in [-0.05, 0) is 32.9 Å². The van der Waals surface area contributed by atoms with Crippen molar-refractivity contribution in [3.05, 3.63) is 23.8 Å². The molecule has 5 N–H and O–H groups in total. The number of hydrogen-bond donors (Lipinski definition) is 4. The maximum atomic E-state index is 11.9. The van der Waals surface area contributed by atoms with E-state index in [1.807, 2.05) is 0 Å². The molecular formula is C12H18N2O3. The first-order valence-corrected chi connectivity index (χ1v) is 5.34. The molecule has 0 aliphatic carbocycles. The number of amides is 1. The molecule has 5 nitrogen and oxygen atoms in total. The van der Waals surface area contributed by atoms with Gasteiger partial charge in [-0.15, -0.1) is 0 Å². The van der Waals surface area contributed by atoms with E-state index in [-0.39, 0.29) is 17.4 Å². The van der Waals surface area contributed by atoms with Crippen LogP contribution in [0.1, 0.15) is 31.1 Å². The number of nitrogens with two attached hydrogens (primary N) is 1. The number of phenols is 2. The van der Waals surface area contributed by atoms with Gasteiger partial charge in [0.1, 0.15) is 0 Å². The first-order valence-electron chi connectivity index (χ1n) is 5.34. The summed E-state index contributed by atoms with van der Waals surface area (Å²) in [7, 11) is 0. The molecule has 0 aliphatic rings. The average molecular weight is 238 g/mol. The predicted molar refractivity (Wildman–Crippen MR) is 65.0 cm³/mol. The second kappa shape index (κ2) is 4.63. The Hall–Kier alpha value is -1.75. The topological polar surface area (TPSA) is 95.6 Å². The number of phenolic OH excluding ortho intramolecular Hbond substituents is 2. The summed E-state index contributed by atoms with van der Waals surface area (Å²) < 4.78 is 0. The van der Waals surface area contributed by atoms with Crippen molar-refractivity contribution < 1.29 is 15.0 Å². The molecule has 5 heteroatoms. The number of aromatic hydroxyl groups is 2. The third-order valence-electron chi connectivity index (χ3n) is 2.83. The van der Waals surface area contributed by atoms with Gasteiger partial charge in [0.25, 0.3) is 5.91 Å². The Morgan fingerprint density at radius 3 is 2.53 bits per heavy atom. The summed E-state index contributed by atoms with van der Waals surface area (Å²) in [4.78, 5) is 11.9. The highest BCUT2D eigenvalue weighted by Gasteiger charge is 2.26. The molecule has 1 aromatic rings. The molecule has 0 radical (unpaired) electrons. The summed E-state index contributed by atoms with van der Waals surface area (Å²) in [5.41, 5.74) is 5.16. The fourth-order valence-electron chi connectivity index (χ4n) is 1.19. The molecule has 1 aromatic carbocycles. The van der Waals surface area contributed by atoms with Crippen molar-refractivity contribution >= 4 is 5.91 Å². The maximum Gasteiger partial charge on any atom is 0.255 e. The fourth-order valence-corrected chi connectivity index (χ4v) is 1.19. The highest BCUT2D eigenvalue weighted by molar-refractivity contribution is 5.98. The van der Waals surface area contributed by atoms with E-state index in [9.17, 15) is 15.0 Å². The van der Waals surface area contributed by atoms with E-state index in [1.54, 1.807) is 20.8 Å². The SMILES string of the molecule is CC(N)C(C)(C)NC(=O)c1cccc(O)c1O. The van der Waals surface area contributed by atoms with Gasteiger partial charge in [-0.25, -0.2) is 0 Å². The van der Waals surface area contributed by atoms with Gasteiger partial charge in [-0.3, -0.25) is 4.79 Å². The van der Waals surface area contributed by atoms with Crippen molar-refractivity contribution in [2.24, 2.45) is 5.73 Å². The third kappa shape index (κ3) is 2.88. The zero-order valence-corrected chi connectivity index (χ0v) is 10.2. The Morgan fingerprint density at radius 1 is 1.41 bits per heavy atom. The van der Waals surface area contributed by atoms with E-state index in [2.05, 4.69) is 5.32 Å². The first kappa shape index (κ1) is 13.3. The molecule has 0 saturated heterocycles. The Balaban J connectivity index is 2.95. The number of para-hydroxylation sites is 1. The van der Waals surface area contributed by atoms with Crippen LogP contribution in [0.2, 0.25) is 0 Å². The smallest absolute Gasteiger partial charge is 0.255 e. The van der Waals surface area contributed by atoms with Crippen molar-refractivity contribution in [2.45, 2.75) is 32.4 Å². The summed E-state index contributed by atoms with van der Waals surface area (Å²) >= 11 is 0. The lowest BCUT2D eigenvalue weighted by Gasteiger charge is -2.30. The molecule has 94 valence electrons. The normalized spacial score (nSPS) is 13.2. The summed E-state index contributed by atoms with van der Waals surface area (Å²) in [6.07, 6.45) is 0. The molecule has 1 atom stereocenters. The van der Waals surface area contributed by atoms with Crippen LogP contribution in [0.3, 0.4) is 0 Å². The monoisotopic (exact) mass is 238 g/mol. The molecule has 1 rings (SSSR count). The van der Waals surface area contributed by atoms with E-state index >= 15 is 0 Å². The first-order chi connectivity index (χ1) is 7.75. The Kier molecular flexibility index (Phi) is 3.63. The van der Waals surface area contributed by atoms with Gasteiger partial charge in [0.15, 0.2) is 11.5 Å². The third-order valence-corrected chi connectivity index (χ3v) is 2.83. The van der Waals surface area contributed by atoms with Crippen LogP contribution in [0.4, 0.5) is 0 Å². The van der Waals surface area contributed by atoms with Crippen molar-refractivity contribution in [2.75, 3.05) is 0 Å². The summed E-state index contributed by atoms with van der Waals surface area (Å²) in [5.74, 6) is -1.22. The molecule has 0 aliphatic heterocycles. The number of nitrogens with one attached hydrogen (secondary N) is 1. The van der Waals surface area contributed by atoms with Crippen LogP contribution >= 0.6 is 0 Å². The van der Waals surface area contributed by atoms with Crippen LogP contribution in [0.25, 0.3) is 0 Å². The Morgan fingerprint density at radius 2 is 2.00 bits per heavy atom. The van der Waals surface area contributed by atoms with Crippen molar-refractivity contribution in [1.82, 2.24) is 5.32 Å². The van der Waals surface area contributed by atoms with Crippen molar-refractivity contribution in [1.29, 1.82) is 0 Å². The molecule has 1 unspecified atom stereocenters. The van der Waals surface area contributed by atoms with Gasteiger partial charge in [-0.1, -0.05) is 6.07 Å². The number of rotatable bonds is 3. The van der Waals surface area contributed by atoms with Crippen LogP contribution in [0.5, 0.6) is 11.5 Å². The predicted octanol–water partition coefficient (Wildman–Crippen LogP) is 0.953. The zero-order chi connectivity index (χ0) is 13.2. The fraction of sp³-hybridized carbons (Fsp3) is 0.417.